The SMILES string of the molecule is CCC1CCN(Cc2cnc(Cl)s2)CC1. The molecule has 1 aliphatic heterocycles. The van der Waals surface area contributed by atoms with E-state index in [1.807, 2.05) is 6.20 Å². The Labute approximate surface area is 100 Å². The van der Waals surface area contributed by atoms with Crippen LogP contribution in [0.5, 0.6) is 0 Å². The van der Waals surface area contributed by atoms with Crippen molar-refractivity contribution in [2.45, 2.75) is 32.7 Å². The van der Waals surface area contributed by atoms with Crippen molar-refractivity contribution in [1.29, 1.82) is 0 Å². The lowest BCUT2D eigenvalue weighted by atomic mass is 9.94. The van der Waals surface area contributed by atoms with Crippen LogP contribution in [-0.4, -0.2) is 23.0 Å². The summed E-state index contributed by atoms with van der Waals surface area (Å²) in [5.41, 5.74) is 0. The molecule has 0 radical (unpaired) electrons. The lowest BCUT2D eigenvalue weighted by Gasteiger charge is -2.30. The Balaban J connectivity index is 1.82. The highest BCUT2D eigenvalue weighted by Gasteiger charge is 2.18. The van der Waals surface area contributed by atoms with Crippen LogP contribution in [0.25, 0.3) is 0 Å². The third-order valence-corrected chi connectivity index (χ3v) is 4.29. The predicted octanol–water partition coefficient (Wildman–Crippen LogP) is 3.42. The van der Waals surface area contributed by atoms with Crippen LogP contribution in [0.1, 0.15) is 31.1 Å². The Morgan fingerprint density at radius 1 is 1.53 bits per heavy atom. The first-order valence-corrected chi connectivity index (χ1v) is 6.80. The van der Waals surface area contributed by atoms with Gasteiger partial charge in [-0.15, -0.1) is 11.3 Å². The molecule has 0 aliphatic carbocycles. The fourth-order valence-electron chi connectivity index (χ4n) is 2.13. The van der Waals surface area contributed by atoms with E-state index in [2.05, 4.69) is 16.8 Å². The van der Waals surface area contributed by atoms with Gasteiger partial charge in [-0.1, -0.05) is 24.9 Å². The molecule has 15 heavy (non-hydrogen) atoms. The Kier molecular flexibility index (Phi) is 4.00. The summed E-state index contributed by atoms with van der Waals surface area (Å²) in [5.74, 6) is 0.950. The van der Waals surface area contributed by atoms with Gasteiger partial charge in [0.2, 0.25) is 0 Å². The number of thiazole rings is 1. The van der Waals surface area contributed by atoms with Crippen molar-refractivity contribution < 1.29 is 0 Å². The minimum Gasteiger partial charge on any atom is -0.298 e. The van der Waals surface area contributed by atoms with Gasteiger partial charge in [-0.3, -0.25) is 4.90 Å². The Hall–Kier alpha value is -0.120. The second kappa shape index (κ2) is 5.28. The van der Waals surface area contributed by atoms with Crippen LogP contribution < -0.4 is 0 Å². The summed E-state index contributed by atoms with van der Waals surface area (Å²) in [7, 11) is 0. The largest absolute Gasteiger partial charge is 0.298 e. The molecule has 0 atom stereocenters. The first-order valence-electron chi connectivity index (χ1n) is 5.60. The van der Waals surface area contributed by atoms with Crippen LogP contribution >= 0.6 is 22.9 Å². The van der Waals surface area contributed by atoms with E-state index in [4.69, 9.17) is 11.6 Å². The van der Waals surface area contributed by atoms with Gasteiger partial charge in [-0.25, -0.2) is 4.98 Å². The normalized spacial score (nSPS) is 19.6. The molecule has 1 aliphatic rings. The number of piperidine rings is 1. The molecule has 84 valence electrons. The molecule has 1 fully saturated rings. The van der Waals surface area contributed by atoms with Crippen molar-refractivity contribution in [3.05, 3.63) is 15.5 Å². The molecule has 1 saturated heterocycles. The van der Waals surface area contributed by atoms with Gasteiger partial charge in [0.25, 0.3) is 0 Å². The Morgan fingerprint density at radius 3 is 2.80 bits per heavy atom. The number of likely N-dealkylation sites (tertiary alicyclic amines) is 1. The maximum Gasteiger partial charge on any atom is 0.183 e. The highest BCUT2D eigenvalue weighted by atomic mass is 35.5. The van der Waals surface area contributed by atoms with Crippen molar-refractivity contribution in [2.75, 3.05) is 13.1 Å². The molecule has 2 nitrogen and oxygen atoms in total. The molecule has 2 rings (SSSR count). The molecular formula is C11H17ClN2S. The van der Waals surface area contributed by atoms with Crippen LogP contribution in [0.15, 0.2) is 6.20 Å². The van der Waals surface area contributed by atoms with Crippen LogP contribution in [0, 0.1) is 5.92 Å². The first kappa shape index (κ1) is 11.4. The van der Waals surface area contributed by atoms with Gasteiger partial charge in [0.05, 0.1) is 0 Å². The van der Waals surface area contributed by atoms with E-state index < -0.39 is 0 Å². The summed E-state index contributed by atoms with van der Waals surface area (Å²) in [5, 5.41) is 0. The van der Waals surface area contributed by atoms with E-state index >= 15 is 0 Å². The van der Waals surface area contributed by atoms with E-state index in [-0.39, 0.29) is 0 Å². The van der Waals surface area contributed by atoms with E-state index in [1.165, 1.54) is 37.2 Å². The quantitative estimate of drug-likeness (QED) is 0.810. The summed E-state index contributed by atoms with van der Waals surface area (Å²) in [4.78, 5) is 7.87. The summed E-state index contributed by atoms with van der Waals surface area (Å²) in [6.07, 6.45) is 5.94. The van der Waals surface area contributed by atoms with Gasteiger partial charge in [0.1, 0.15) is 0 Å². The van der Waals surface area contributed by atoms with Crippen molar-refractivity contribution in [3.63, 3.8) is 0 Å². The zero-order valence-electron chi connectivity index (χ0n) is 9.08. The minimum atomic E-state index is 0.661. The standard InChI is InChI=1S/C11H17ClN2S/c1-2-9-3-5-14(6-4-9)8-10-7-13-11(12)15-10/h7,9H,2-6,8H2,1H3. The summed E-state index contributed by atoms with van der Waals surface area (Å²) < 4.78 is 0.661. The number of hydrogen-bond acceptors (Lipinski definition) is 3. The van der Waals surface area contributed by atoms with Crippen LogP contribution in [0.3, 0.4) is 0 Å². The molecular weight excluding hydrogens is 228 g/mol. The number of halogens is 1. The fraction of sp³-hybridized carbons (Fsp3) is 0.727. The van der Waals surface area contributed by atoms with E-state index in [0.717, 1.165) is 12.5 Å². The van der Waals surface area contributed by atoms with Gasteiger partial charge in [-0.2, -0.15) is 0 Å². The van der Waals surface area contributed by atoms with Crippen LogP contribution in [0.4, 0.5) is 0 Å². The molecule has 0 spiro atoms. The average Bonchev–Trinajstić information content (AvgIpc) is 2.65. The fourth-order valence-corrected chi connectivity index (χ4v) is 3.15. The number of aromatic nitrogens is 1. The Morgan fingerprint density at radius 2 is 2.27 bits per heavy atom. The number of rotatable bonds is 3. The van der Waals surface area contributed by atoms with Gasteiger partial charge >= 0.3 is 0 Å². The summed E-state index contributed by atoms with van der Waals surface area (Å²) >= 11 is 7.41. The second-order valence-electron chi connectivity index (χ2n) is 4.21. The third kappa shape index (κ3) is 3.16. The topological polar surface area (TPSA) is 16.1 Å². The maximum absolute atomic E-state index is 5.81. The minimum absolute atomic E-state index is 0.661. The second-order valence-corrected chi connectivity index (χ2v) is 5.90. The van der Waals surface area contributed by atoms with E-state index in [0.29, 0.717) is 4.47 Å². The van der Waals surface area contributed by atoms with Crippen molar-refractivity contribution in [2.24, 2.45) is 5.92 Å². The molecule has 0 bridgehead atoms. The summed E-state index contributed by atoms with van der Waals surface area (Å²) in [6.45, 7) is 5.78. The smallest absolute Gasteiger partial charge is 0.183 e. The summed E-state index contributed by atoms with van der Waals surface area (Å²) in [6, 6.07) is 0. The molecule has 1 aromatic rings. The monoisotopic (exact) mass is 244 g/mol. The zero-order valence-corrected chi connectivity index (χ0v) is 10.7. The van der Waals surface area contributed by atoms with Gasteiger partial charge < -0.3 is 0 Å². The maximum atomic E-state index is 5.81. The molecule has 0 aromatic carbocycles. The van der Waals surface area contributed by atoms with Gasteiger partial charge in [0.15, 0.2) is 4.47 Å². The molecule has 0 amide bonds. The zero-order chi connectivity index (χ0) is 10.7. The van der Waals surface area contributed by atoms with Crippen molar-refractivity contribution in [3.8, 4) is 0 Å². The molecule has 0 saturated carbocycles. The van der Waals surface area contributed by atoms with E-state index in [9.17, 15) is 0 Å². The third-order valence-electron chi connectivity index (χ3n) is 3.19. The molecule has 4 heteroatoms. The van der Waals surface area contributed by atoms with Crippen molar-refractivity contribution in [1.82, 2.24) is 9.88 Å². The molecule has 0 N–H and O–H groups in total. The van der Waals surface area contributed by atoms with Gasteiger partial charge in [0, 0.05) is 17.6 Å². The average molecular weight is 245 g/mol. The lowest BCUT2D eigenvalue weighted by Crippen LogP contribution is -2.32. The predicted molar refractivity (Wildman–Crippen MR) is 65.4 cm³/mol. The van der Waals surface area contributed by atoms with E-state index in [1.54, 1.807) is 11.3 Å². The number of nitrogens with zero attached hydrogens (tertiary/aromatic N) is 2. The van der Waals surface area contributed by atoms with Gasteiger partial charge in [-0.05, 0) is 31.8 Å². The highest BCUT2D eigenvalue weighted by Crippen LogP contribution is 2.24. The first-order chi connectivity index (χ1) is 7.28. The van der Waals surface area contributed by atoms with Crippen LogP contribution in [-0.2, 0) is 6.54 Å². The highest BCUT2D eigenvalue weighted by molar-refractivity contribution is 7.15. The lowest BCUT2D eigenvalue weighted by molar-refractivity contribution is 0.176. The molecule has 0 unspecified atom stereocenters. The molecule has 2 heterocycles. The molecule has 1 aromatic heterocycles. The van der Waals surface area contributed by atoms with Crippen LogP contribution in [0.2, 0.25) is 4.47 Å². The Bertz CT molecular complexity index is 305. The van der Waals surface area contributed by atoms with Crippen molar-refractivity contribution >= 4 is 22.9 Å². The number of hydrogen-bond donors (Lipinski definition) is 0.